The van der Waals surface area contributed by atoms with Gasteiger partial charge in [-0.1, -0.05) is 24.3 Å². The zero-order valence-corrected chi connectivity index (χ0v) is 19.2. The molecule has 4 heterocycles. The number of nitrogens with one attached hydrogen (secondary N) is 1. The first kappa shape index (κ1) is 21.2. The molecule has 1 aromatic carbocycles. The minimum atomic E-state index is -0.0560. The lowest BCUT2D eigenvalue weighted by molar-refractivity contribution is 0.298. The van der Waals surface area contributed by atoms with Crippen LogP contribution in [0.15, 0.2) is 91.5 Å². The quantitative estimate of drug-likeness (QED) is 0.414. The Bertz CT molecular complexity index is 1210. The van der Waals surface area contributed by atoms with Crippen LogP contribution < -0.4 is 10.1 Å². The molecule has 2 atom stereocenters. The van der Waals surface area contributed by atoms with E-state index in [2.05, 4.69) is 67.3 Å². The maximum absolute atomic E-state index is 5.83. The van der Waals surface area contributed by atoms with Gasteiger partial charge in [-0.2, -0.15) is 0 Å². The molecule has 1 saturated heterocycles. The Kier molecular flexibility index (Phi) is 6.04. The van der Waals surface area contributed by atoms with E-state index < -0.39 is 0 Å². The lowest BCUT2D eigenvalue weighted by atomic mass is 10.0. The number of nitrogens with zero attached hydrogens (tertiary/aromatic N) is 4. The molecule has 0 bridgehead atoms. The molecular formula is C26H25N5OS. The fourth-order valence-corrected chi connectivity index (χ4v) is 4.66. The first-order valence-electron chi connectivity index (χ1n) is 10.9. The van der Waals surface area contributed by atoms with Crippen LogP contribution in [-0.4, -0.2) is 31.7 Å². The van der Waals surface area contributed by atoms with Gasteiger partial charge in [-0.3, -0.25) is 9.97 Å². The molecule has 7 heteroatoms. The van der Waals surface area contributed by atoms with Crippen molar-refractivity contribution in [2.75, 3.05) is 7.11 Å². The van der Waals surface area contributed by atoms with E-state index in [-0.39, 0.29) is 12.1 Å². The summed E-state index contributed by atoms with van der Waals surface area (Å²) in [7, 11) is 1.68. The summed E-state index contributed by atoms with van der Waals surface area (Å²) in [5.74, 6) is 0.842. The Morgan fingerprint density at radius 2 is 1.82 bits per heavy atom. The minimum absolute atomic E-state index is 0.0128. The molecule has 0 saturated carbocycles. The number of hydrogen-bond acceptors (Lipinski definition) is 4. The number of benzene rings is 1. The monoisotopic (exact) mass is 455 g/mol. The van der Waals surface area contributed by atoms with Crippen molar-refractivity contribution in [1.29, 1.82) is 0 Å². The van der Waals surface area contributed by atoms with Crippen LogP contribution in [0, 0.1) is 0 Å². The second-order valence-electron chi connectivity index (χ2n) is 8.02. The van der Waals surface area contributed by atoms with Gasteiger partial charge in [0.25, 0.3) is 0 Å². The summed E-state index contributed by atoms with van der Waals surface area (Å²) in [5.41, 5.74) is 4.46. The van der Waals surface area contributed by atoms with Crippen LogP contribution in [0.3, 0.4) is 0 Å². The van der Waals surface area contributed by atoms with Gasteiger partial charge in [0, 0.05) is 43.6 Å². The Morgan fingerprint density at radius 3 is 2.55 bits per heavy atom. The highest BCUT2D eigenvalue weighted by Gasteiger charge is 2.41. The Hall–Kier alpha value is -3.71. The standard InChI is InChI=1S/C26H25N5OS/c1-32-21-11-9-19(10-12-21)18-31-25(24(29-26(31)33)22-7-2-3-14-28-22)23-8-5-15-30(23)17-20-6-4-13-27-16-20/h2-16,24-25H,17-18H2,1H3,(H,29,33)/t24-,25-/m0/s1. The van der Waals surface area contributed by atoms with Gasteiger partial charge in [0.05, 0.1) is 24.9 Å². The number of rotatable bonds is 7. The fraction of sp³-hybridized carbons (Fsp3) is 0.192. The van der Waals surface area contributed by atoms with Crippen molar-refractivity contribution in [2.24, 2.45) is 0 Å². The molecule has 1 aliphatic rings. The number of thiocarbonyl (C=S) groups is 1. The molecular weight excluding hydrogens is 430 g/mol. The Labute approximate surface area is 198 Å². The van der Waals surface area contributed by atoms with Crippen LogP contribution in [0.2, 0.25) is 0 Å². The Morgan fingerprint density at radius 1 is 0.939 bits per heavy atom. The highest BCUT2D eigenvalue weighted by atomic mass is 32.1. The maximum Gasteiger partial charge on any atom is 0.170 e. The van der Waals surface area contributed by atoms with Crippen LogP contribution in [-0.2, 0) is 13.1 Å². The lowest BCUT2D eigenvalue weighted by Crippen LogP contribution is -2.30. The van der Waals surface area contributed by atoms with Crippen molar-refractivity contribution < 1.29 is 4.74 Å². The average Bonchev–Trinajstić information content (AvgIpc) is 3.44. The first-order chi connectivity index (χ1) is 16.2. The Balaban J connectivity index is 1.52. The van der Waals surface area contributed by atoms with E-state index >= 15 is 0 Å². The van der Waals surface area contributed by atoms with Crippen LogP contribution in [0.4, 0.5) is 0 Å². The summed E-state index contributed by atoms with van der Waals surface area (Å²) in [6, 6.07) is 22.4. The van der Waals surface area contributed by atoms with E-state index in [1.165, 1.54) is 5.69 Å². The second-order valence-corrected chi connectivity index (χ2v) is 8.41. The highest BCUT2D eigenvalue weighted by molar-refractivity contribution is 7.80. The van der Waals surface area contributed by atoms with E-state index in [1.54, 1.807) is 13.3 Å². The molecule has 1 fully saturated rings. The molecule has 1 aliphatic heterocycles. The summed E-state index contributed by atoms with van der Waals surface area (Å²) in [4.78, 5) is 11.2. The molecule has 0 unspecified atom stereocenters. The van der Waals surface area contributed by atoms with Crippen LogP contribution >= 0.6 is 12.2 Å². The van der Waals surface area contributed by atoms with E-state index in [1.807, 2.05) is 42.7 Å². The topological polar surface area (TPSA) is 55.2 Å². The second kappa shape index (κ2) is 9.42. The number of ether oxygens (including phenoxy) is 1. The summed E-state index contributed by atoms with van der Waals surface area (Å²) in [6.45, 7) is 1.42. The molecule has 1 N–H and O–H groups in total. The summed E-state index contributed by atoms with van der Waals surface area (Å²) in [5, 5.41) is 4.26. The molecule has 166 valence electrons. The largest absolute Gasteiger partial charge is 0.497 e. The number of methoxy groups -OCH3 is 1. The third kappa shape index (κ3) is 4.45. The van der Waals surface area contributed by atoms with Crippen molar-refractivity contribution in [1.82, 2.24) is 24.8 Å². The average molecular weight is 456 g/mol. The zero-order valence-electron chi connectivity index (χ0n) is 18.3. The van der Waals surface area contributed by atoms with Crippen LogP contribution in [0.25, 0.3) is 0 Å². The van der Waals surface area contributed by atoms with Gasteiger partial charge in [0.2, 0.25) is 0 Å². The van der Waals surface area contributed by atoms with Gasteiger partial charge in [-0.05, 0) is 65.8 Å². The van der Waals surface area contributed by atoms with Gasteiger partial charge >= 0.3 is 0 Å². The third-order valence-electron chi connectivity index (χ3n) is 5.95. The number of pyridine rings is 2. The molecule has 6 nitrogen and oxygen atoms in total. The summed E-state index contributed by atoms with van der Waals surface area (Å²) >= 11 is 5.83. The maximum atomic E-state index is 5.83. The van der Waals surface area contributed by atoms with Gasteiger partial charge in [0.15, 0.2) is 5.11 Å². The smallest absolute Gasteiger partial charge is 0.170 e. The van der Waals surface area contributed by atoms with Crippen molar-refractivity contribution in [2.45, 2.75) is 25.2 Å². The number of hydrogen-bond donors (Lipinski definition) is 1. The van der Waals surface area contributed by atoms with E-state index in [9.17, 15) is 0 Å². The molecule has 0 amide bonds. The van der Waals surface area contributed by atoms with Crippen molar-refractivity contribution in [3.8, 4) is 5.75 Å². The molecule has 4 aromatic rings. The third-order valence-corrected chi connectivity index (χ3v) is 6.31. The predicted octanol–water partition coefficient (Wildman–Crippen LogP) is 4.51. The molecule has 0 aliphatic carbocycles. The predicted molar refractivity (Wildman–Crippen MR) is 132 cm³/mol. The lowest BCUT2D eigenvalue weighted by Gasteiger charge is -2.29. The molecule has 5 rings (SSSR count). The summed E-state index contributed by atoms with van der Waals surface area (Å²) in [6.07, 6.45) is 7.66. The van der Waals surface area contributed by atoms with E-state index in [0.29, 0.717) is 6.54 Å². The van der Waals surface area contributed by atoms with Gasteiger partial charge in [0.1, 0.15) is 5.75 Å². The molecule has 3 aromatic heterocycles. The zero-order chi connectivity index (χ0) is 22.6. The van der Waals surface area contributed by atoms with Crippen molar-refractivity contribution in [3.63, 3.8) is 0 Å². The van der Waals surface area contributed by atoms with Crippen molar-refractivity contribution >= 4 is 17.3 Å². The van der Waals surface area contributed by atoms with Gasteiger partial charge < -0.3 is 19.5 Å². The molecule has 0 radical (unpaired) electrons. The van der Waals surface area contributed by atoms with Crippen LogP contribution in [0.5, 0.6) is 5.75 Å². The normalized spacial score (nSPS) is 17.7. The van der Waals surface area contributed by atoms with Crippen LogP contribution in [0.1, 0.15) is 34.6 Å². The highest BCUT2D eigenvalue weighted by Crippen LogP contribution is 2.39. The minimum Gasteiger partial charge on any atom is -0.497 e. The van der Waals surface area contributed by atoms with Gasteiger partial charge in [-0.25, -0.2) is 0 Å². The fourth-order valence-electron chi connectivity index (χ4n) is 4.35. The molecule has 0 spiro atoms. The number of aromatic nitrogens is 3. The summed E-state index contributed by atoms with van der Waals surface area (Å²) < 4.78 is 7.59. The first-order valence-corrected chi connectivity index (χ1v) is 11.3. The molecule has 33 heavy (non-hydrogen) atoms. The SMILES string of the molecule is COc1ccc(CN2C(=S)N[C@@H](c3ccccn3)[C@@H]2c2cccn2Cc2cccnc2)cc1. The van der Waals surface area contributed by atoms with E-state index in [0.717, 1.165) is 34.2 Å². The van der Waals surface area contributed by atoms with E-state index in [4.69, 9.17) is 17.0 Å². The van der Waals surface area contributed by atoms with Crippen molar-refractivity contribution in [3.05, 3.63) is 114 Å². The van der Waals surface area contributed by atoms with Gasteiger partial charge in [-0.15, -0.1) is 0 Å².